The summed E-state index contributed by atoms with van der Waals surface area (Å²) in [4.78, 5) is 19.6. The van der Waals surface area contributed by atoms with Gasteiger partial charge in [-0.25, -0.2) is 4.79 Å². The third kappa shape index (κ3) is 2.53. The van der Waals surface area contributed by atoms with E-state index in [1.807, 2.05) is 24.3 Å². The maximum Gasteiger partial charge on any atom is 0.339 e. The first-order valence-electron chi connectivity index (χ1n) is 6.29. The molecule has 0 saturated heterocycles. The molecule has 0 aliphatic heterocycles. The zero-order chi connectivity index (χ0) is 14.8. The van der Waals surface area contributed by atoms with Crippen LogP contribution in [0.25, 0.3) is 10.9 Å². The van der Waals surface area contributed by atoms with Crippen molar-refractivity contribution < 1.29 is 14.4 Å². The number of benzene rings is 1. The van der Waals surface area contributed by atoms with Gasteiger partial charge >= 0.3 is 5.97 Å². The number of fused-ring (bicyclic) bond motifs is 1. The summed E-state index contributed by atoms with van der Waals surface area (Å²) in [6.07, 6.45) is 1.34. The van der Waals surface area contributed by atoms with Crippen molar-refractivity contribution >= 4 is 22.6 Å². The Morgan fingerprint density at radius 1 is 1.38 bits per heavy atom. The number of para-hydroxylation sites is 1. The van der Waals surface area contributed by atoms with Crippen molar-refractivity contribution in [3.63, 3.8) is 0 Å². The number of aryl methyl sites for hydroxylation is 1. The number of hydrogen-bond donors (Lipinski definition) is 2. The van der Waals surface area contributed by atoms with E-state index in [1.165, 1.54) is 6.20 Å². The lowest BCUT2D eigenvalue weighted by molar-refractivity contribution is 0.0697. The van der Waals surface area contributed by atoms with E-state index in [-0.39, 0.29) is 12.1 Å². The highest BCUT2D eigenvalue weighted by Crippen LogP contribution is 2.26. The molecule has 0 radical (unpaired) electrons. The molecule has 2 heterocycles. The molecule has 7 heteroatoms. The van der Waals surface area contributed by atoms with Gasteiger partial charge in [-0.15, -0.1) is 0 Å². The molecule has 0 aliphatic carbocycles. The van der Waals surface area contributed by atoms with E-state index in [1.54, 1.807) is 6.92 Å². The highest BCUT2D eigenvalue weighted by Gasteiger charge is 2.15. The molecule has 3 rings (SSSR count). The lowest BCUT2D eigenvalue weighted by atomic mass is 10.1. The third-order valence-electron chi connectivity index (χ3n) is 3.00. The second-order valence-corrected chi connectivity index (χ2v) is 4.45. The number of carboxylic acid groups (broad SMARTS) is 1. The Bertz CT molecular complexity index is 813. The Morgan fingerprint density at radius 2 is 2.19 bits per heavy atom. The molecule has 106 valence electrons. The molecule has 3 aromatic rings. The number of rotatable bonds is 4. The molecule has 0 saturated carbocycles. The zero-order valence-electron chi connectivity index (χ0n) is 11.2. The Morgan fingerprint density at radius 3 is 2.90 bits per heavy atom. The van der Waals surface area contributed by atoms with Crippen LogP contribution in [-0.4, -0.2) is 26.2 Å². The van der Waals surface area contributed by atoms with E-state index >= 15 is 0 Å². The van der Waals surface area contributed by atoms with Crippen LogP contribution in [0.15, 0.2) is 35.0 Å². The maximum absolute atomic E-state index is 11.4. The normalized spacial score (nSPS) is 10.7. The number of pyridine rings is 1. The number of anilines is 1. The molecule has 7 nitrogen and oxygen atoms in total. The number of carbonyl (C=O) groups is 1. The maximum atomic E-state index is 11.4. The molecule has 0 amide bonds. The molecule has 0 atom stereocenters. The average molecular weight is 284 g/mol. The molecule has 0 bridgehead atoms. The Kier molecular flexibility index (Phi) is 3.23. The van der Waals surface area contributed by atoms with Crippen LogP contribution in [0.1, 0.15) is 22.1 Å². The SMILES string of the molecule is Cc1nc(CNc2c(C(=O)O)cnc3ccccc23)no1. The van der Waals surface area contributed by atoms with Gasteiger partial charge in [-0.2, -0.15) is 4.98 Å². The molecule has 1 aromatic carbocycles. The first-order valence-corrected chi connectivity index (χ1v) is 6.29. The predicted octanol–water partition coefficient (Wildman–Crippen LogP) is 2.24. The summed E-state index contributed by atoms with van der Waals surface area (Å²) in [5.74, 6) is -0.116. The van der Waals surface area contributed by atoms with Gasteiger partial charge in [0.25, 0.3) is 0 Å². The summed E-state index contributed by atoms with van der Waals surface area (Å²) >= 11 is 0. The highest BCUT2D eigenvalue weighted by molar-refractivity contribution is 6.04. The first kappa shape index (κ1) is 13.0. The standard InChI is InChI=1S/C14H12N4O3/c1-8-17-12(18-21-8)7-16-13-9-4-2-3-5-11(9)15-6-10(13)14(19)20/h2-6H,7H2,1H3,(H,15,16)(H,19,20). The van der Waals surface area contributed by atoms with Gasteiger partial charge in [-0.05, 0) is 6.07 Å². The summed E-state index contributed by atoms with van der Waals surface area (Å²) in [7, 11) is 0. The first-order chi connectivity index (χ1) is 10.1. The van der Waals surface area contributed by atoms with Crippen LogP contribution < -0.4 is 5.32 Å². The van der Waals surface area contributed by atoms with Crippen LogP contribution >= 0.6 is 0 Å². The smallest absolute Gasteiger partial charge is 0.339 e. The number of aromatic nitrogens is 3. The predicted molar refractivity (Wildman–Crippen MR) is 75.1 cm³/mol. The Hall–Kier alpha value is -2.96. The number of nitrogens with zero attached hydrogens (tertiary/aromatic N) is 3. The largest absolute Gasteiger partial charge is 0.478 e. The van der Waals surface area contributed by atoms with Crippen LogP contribution in [0.5, 0.6) is 0 Å². The lowest BCUT2D eigenvalue weighted by Crippen LogP contribution is -2.08. The number of aromatic carboxylic acids is 1. The molecule has 2 aromatic heterocycles. The fourth-order valence-corrected chi connectivity index (χ4v) is 2.07. The topological polar surface area (TPSA) is 101 Å². The van der Waals surface area contributed by atoms with Gasteiger partial charge in [0.1, 0.15) is 5.56 Å². The molecular weight excluding hydrogens is 272 g/mol. The van der Waals surface area contributed by atoms with Gasteiger partial charge in [0.15, 0.2) is 5.82 Å². The van der Waals surface area contributed by atoms with E-state index in [2.05, 4.69) is 20.4 Å². The second-order valence-electron chi connectivity index (χ2n) is 4.45. The molecule has 0 fully saturated rings. The molecular formula is C14H12N4O3. The second kappa shape index (κ2) is 5.20. The van der Waals surface area contributed by atoms with Crippen molar-refractivity contribution in [1.29, 1.82) is 0 Å². The van der Waals surface area contributed by atoms with Gasteiger partial charge in [-0.3, -0.25) is 4.98 Å². The van der Waals surface area contributed by atoms with Gasteiger partial charge in [-0.1, -0.05) is 23.4 Å². The van der Waals surface area contributed by atoms with Gasteiger partial charge in [0.2, 0.25) is 5.89 Å². The lowest BCUT2D eigenvalue weighted by Gasteiger charge is -2.11. The van der Waals surface area contributed by atoms with Gasteiger partial charge < -0.3 is 14.9 Å². The van der Waals surface area contributed by atoms with E-state index in [0.29, 0.717) is 22.9 Å². The fourth-order valence-electron chi connectivity index (χ4n) is 2.07. The number of hydrogen-bond acceptors (Lipinski definition) is 6. The number of carboxylic acids is 1. The fraction of sp³-hybridized carbons (Fsp3) is 0.143. The van der Waals surface area contributed by atoms with Crippen molar-refractivity contribution in [2.45, 2.75) is 13.5 Å². The minimum atomic E-state index is -1.04. The van der Waals surface area contributed by atoms with E-state index < -0.39 is 5.97 Å². The van der Waals surface area contributed by atoms with Crippen LogP contribution in [0.2, 0.25) is 0 Å². The van der Waals surface area contributed by atoms with Crippen LogP contribution in [0.3, 0.4) is 0 Å². The van der Waals surface area contributed by atoms with Crippen molar-refractivity contribution in [2.75, 3.05) is 5.32 Å². The third-order valence-corrected chi connectivity index (χ3v) is 3.00. The van der Waals surface area contributed by atoms with Crippen molar-refractivity contribution in [2.24, 2.45) is 0 Å². The summed E-state index contributed by atoms with van der Waals surface area (Å²) in [6.45, 7) is 1.96. The summed E-state index contributed by atoms with van der Waals surface area (Å²) in [5, 5.41) is 16.9. The van der Waals surface area contributed by atoms with E-state index in [0.717, 1.165) is 5.39 Å². The highest BCUT2D eigenvalue weighted by atomic mass is 16.5. The quantitative estimate of drug-likeness (QED) is 0.757. The molecule has 2 N–H and O–H groups in total. The minimum absolute atomic E-state index is 0.105. The van der Waals surface area contributed by atoms with E-state index in [9.17, 15) is 9.90 Å². The van der Waals surface area contributed by atoms with Gasteiger partial charge in [0.05, 0.1) is 17.7 Å². The summed E-state index contributed by atoms with van der Waals surface area (Å²) < 4.78 is 4.89. The molecule has 0 aliphatic rings. The van der Waals surface area contributed by atoms with Crippen molar-refractivity contribution in [3.8, 4) is 0 Å². The molecule has 21 heavy (non-hydrogen) atoms. The molecule has 0 spiro atoms. The molecule has 0 unspecified atom stereocenters. The van der Waals surface area contributed by atoms with Crippen LogP contribution in [0, 0.1) is 6.92 Å². The van der Waals surface area contributed by atoms with Crippen molar-refractivity contribution in [3.05, 3.63) is 47.7 Å². The van der Waals surface area contributed by atoms with E-state index in [4.69, 9.17) is 4.52 Å². The summed E-state index contributed by atoms with van der Waals surface area (Å²) in [5.41, 5.74) is 1.32. The van der Waals surface area contributed by atoms with Gasteiger partial charge in [0, 0.05) is 18.5 Å². The Balaban J connectivity index is 2.01. The van der Waals surface area contributed by atoms with Crippen LogP contribution in [0.4, 0.5) is 5.69 Å². The zero-order valence-corrected chi connectivity index (χ0v) is 11.2. The average Bonchev–Trinajstić information content (AvgIpc) is 2.90. The summed E-state index contributed by atoms with van der Waals surface area (Å²) in [6, 6.07) is 7.32. The Labute approximate surface area is 119 Å². The number of nitrogens with one attached hydrogen (secondary N) is 1. The van der Waals surface area contributed by atoms with Crippen molar-refractivity contribution in [1.82, 2.24) is 15.1 Å². The van der Waals surface area contributed by atoms with Crippen LogP contribution in [-0.2, 0) is 6.54 Å². The monoisotopic (exact) mass is 284 g/mol. The minimum Gasteiger partial charge on any atom is -0.478 e.